The molecule has 0 saturated carbocycles. The summed E-state index contributed by atoms with van der Waals surface area (Å²) >= 11 is 3.47. The first-order valence-electron chi connectivity index (χ1n) is 6.59. The van der Waals surface area contributed by atoms with Crippen molar-refractivity contribution in [3.8, 4) is 0 Å². The summed E-state index contributed by atoms with van der Waals surface area (Å²) in [6, 6.07) is 8.93. The maximum absolute atomic E-state index is 5.98. The maximum Gasteiger partial charge on any atom is 0.0798 e. The van der Waals surface area contributed by atoms with Gasteiger partial charge in [0, 0.05) is 28.9 Å². The second-order valence-electron chi connectivity index (χ2n) is 4.80. The molecule has 1 aromatic heterocycles. The van der Waals surface area contributed by atoms with Crippen molar-refractivity contribution in [1.82, 2.24) is 9.88 Å². The Labute approximate surface area is 129 Å². The monoisotopic (exact) mass is 307 g/mol. The molecule has 1 unspecified atom stereocenters. The van der Waals surface area contributed by atoms with Crippen LogP contribution in [0.25, 0.3) is 0 Å². The third-order valence-electron chi connectivity index (χ3n) is 3.49. The number of thioether (sulfide) groups is 1. The third-order valence-corrected chi connectivity index (χ3v) is 5.16. The average Bonchev–Trinajstić information content (AvgIpc) is 2.86. The predicted octanol–water partition coefficient (Wildman–Crippen LogP) is 3.31. The normalized spacial score (nSPS) is 12.8. The minimum Gasteiger partial charge on any atom is -0.329 e. The van der Waals surface area contributed by atoms with Gasteiger partial charge in [-0.2, -0.15) is 0 Å². The number of hydrogen-bond donors (Lipinski definition) is 1. The van der Waals surface area contributed by atoms with Crippen molar-refractivity contribution in [2.75, 3.05) is 19.8 Å². The van der Waals surface area contributed by atoms with Gasteiger partial charge >= 0.3 is 0 Å². The van der Waals surface area contributed by atoms with Crippen LogP contribution in [-0.2, 0) is 6.54 Å². The highest BCUT2D eigenvalue weighted by Crippen LogP contribution is 2.24. The van der Waals surface area contributed by atoms with Crippen LogP contribution < -0.4 is 5.73 Å². The molecule has 1 aromatic carbocycles. The van der Waals surface area contributed by atoms with Gasteiger partial charge in [-0.05, 0) is 37.9 Å². The smallest absolute Gasteiger partial charge is 0.0798 e. The van der Waals surface area contributed by atoms with Crippen molar-refractivity contribution in [3.63, 3.8) is 0 Å². The molecule has 0 aliphatic carbocycles. The summed E-state index contributed by atoms with van der Waals surface area (Å²) in [5.41, 5.74) is 10.3. The van der Waals surface area contributed by atoms with Crippen molar-refractivity contribution in [2.24, 2.45) is 5.73 Å². The first kappa shape index (κ1) is 15.5. The predicted molar refractivity (Wildman–Crippen MR) is 88.3 cm³/mol. The number of aromatic nitrogens is 1. The minimum atomic E-state index is 0.243. The van der Waals surface area contributed by atoms with Gasteiger partial charge in [0.15, 0.2) is 0 Å². The quantitative estimate of drug-likeness (QED) is 0.832. The molecule has 0 radical (unpaired) electrons. The van der Waals surface area contributed by atoms with E-state index >= 15 is 0 Å². The van der Waals surface area contributed by atoms with Crippen molar-refractivity contribution in [1.29, 1.82) is 0 Å². The van der Waals surface area contributed by atoms with Gasteiger partial charge in [0.25, 0.3) is 0 Å². The Morgan fingerprint density at radius 3 is 2.55 bits per heavy atom. The molecule has 0 saturated heterocycles. The zero-order valence-electron chi connectivity index (χ0n) is 12.2. The fraction of sp³-hybridized carbons (Fsp3) is 0.400. The molecule has 2 rings (SSSR count). The van der Waals surface area contributed by atoms with Gasteiger partial charge < -0.3 is 5.73 Å². The number of nitrogens with two attached hydrogens (primary N) is 1. The van der Waals surface area contributed by atoms with Gasteiger partial charge in [0.1, 0.15) is 0 Å². The van der Waals surface area contributed by atoms with Gasteiger partial charge in [-0.1, -0.05) is 12.1 Å². The fourth-order valence-electron chi connectivity index (χ4n) is 2.21. The van der Waals surface area contributed by atoms with E-state index < -0.39 is 0 Å². The fourth-order valence-corrected chi connectivity index (χ4v) is 3.46. The highest BCUT2D eigenvalue weighted by Gasteiger charge is 2.17. The second-order valence-corrected chi connectivity index (χ2v) is 6.62. The van der Waals surface area contributed by atoms with E-state index in [0.29, 0.717) is 6.54 Å². The van der Waals surface area contributed by atoms with Crippen molar-refractivity contribution in [3.05, 3.63) is 45.9 Å². The van der Waals surface area contributed by atoms with Crippen LogP contribution in [-0.4, -0.2) is 29.7 Å². The van der Waals surface area contributed by atoms with Gasteiger partial charge in [-0.25, -0.2) is 4.98 Å². The van der Waals surface area contributed by atoms with E-state index in [1.165, 1.54) is 15.3 Å². The molecule has 0 fully saturated rings. The Bertz CT molecular complexity index is 536. The van der Waals surface area contributed by atoms with Crippen LogP contribution in [0.1, 0.15) is 22.2 Å². The van der Waals surface area contributed by atoms with E-state index in [9.17, 15) is 0 Å². The molecule has 0 amide bonds. The molecular weight excluding hydrogens is 286 g/mol. The molecule has 20 heavy (non-hydrogen) atoms. The molecule has 1 heterocycles. The zero-order valence-corrected chi connectivity index (χ0v) is 13.8. The number of benzene rings is 1. The lowest BCUT2D eigenvalue weighted by atomic mass is 10.1. The summed E-state index contributed by atoms with van der Waals surface area (Å²) in [6.45, 7) is 3.57. The average molecular weight is 307 g/mol. The number of hydrogen-bond acceptors (Lipinski definition) is 5. The lowest BCUT2D eigenvalue weighted by Gasteiger charge is -2.27. The number of likely N-dealkylation sites (N-methyl/N-ethyl adjacent to an activating group) is 1. The Kier molecular flexibility index (Phi) is 5.60. The summed E-state index contributed by atoms with van der Waals surface area (Å²) in [5.74, 6) is 0. The molecule has 0 aliphatic rings. The molecule has 5 heteroatoms. The largest absolute Gasteiger partial charge is 0.329 e. The van der Waals surface area contributed by atoms with E-state index in [0.717, 1.165) is 12.2 Å². The maximum atomic E-state index is 5.98. The van der Waals surface area contributed by atoms with Gasteiger partial charge in [-0.3, -0.25) is 4.90 Å². The zero-order chi connectivity index (χ0) is 14.5. The van der Waals surface area contributed by atoms with Crippen LogP contribution in [0.4, 0.5) is 0 Å². The van der Waals surface area contributed by atoms with E-state index in [1.807, 2.05) is 5.51 Å². The highest BCUT2D eigenvalue weighted by atomic mass is 32.2. The molecule has 1 atom stereocenters. The first-order chi connectivity index (χ1) is 9.65. The summed E-state index contributed by atoms with van der Waals surface area (Å²) in [6.07, 6.45) is 2.09. The number of aryl methyl sites for hydroxylation is 1. The topological polar surface area (TPSA) is 42.1 Å². The van der Waals surface area contributed by atoms with E-state index in [1.54, 1.807) is 23.1 Å². The summed E-state index contributed by atoms with van der Waals surface area (Å²) < 4.78 is 0. The summed E-state index contributed by atoms with van der Waals surface area (Å²) in [5, 5.41) is 0. The molecule has 108 valence electrons. The van der Waals surface area contributed by atoms with Crippen LogP contribution in [0.2, 0.25) is 0 Å². The van der Waals surface area contributed by atoms with Crippen LogP contribution in [0.5, 0.6) is 0 Å². The first-order valence-corrected chi connectivity index (χ1v) is 8.69. The number of nitrogens with zero attached hydrogens (tertiary/aromatic N) is 2. The van der Waals surface area contributed by atoms with Crippen LogP contribution in [0.15, 0.2) is 34.7 Å². The minimum absolute atomic E-state index is 0.243. The summed E-state index contributed by atoms with van der Waals surface area (Å²) in [7, 11) is 2.12. The molecular formula is C15H21N3S2. The third kappa shape index (κ3) is 3.61. The molecule has 2 aromatic rings. The molecule has 2 N–H and O–H groups in total. The number of rotatable bonds is 6. The summed E-state index contributed by atoms with van der Waals surface area (Å²) in [4.78, 5) is 9.20. The lowest BCUT2D eigenvalue weighted by molar-refractivity contribution is 0.243. The van der Waals surface area contributed by atoms with Gasteiger partial charge in [-0.15, -0.1) is 23.1 Å². The van der Waals surface area contributed by atoms with Crippen LogP contribution in [0, 0.1) is 6.92 Å². The lowest BCUT2D eigenvalue weighted by Crippen LogP contribution is -2.30. The van der Waals surface area contributed by atoms with Gasteiger partial charge in [0.2, 0.25) is 0 Å². The molecule has 0 bridgehead atoms. The SMILES string of the molecule is CSc1ccc(C(CN)N(C)Cc2scnc2C)cc1. The van der Waals surface area contributed by atoms with E-state index in [4.69, 9.17) is 5.73 Å². The second kappa shape index (κ2) is 7.22. The Morgan fingerprint density at radius 1 is 1.35 bits per heavy atom. The Morgan fingerprint density at radius 2 is 2.05 bits per heavy atom. The molecule has 0 spiro atoms. The standard InChI is InChI=1S/C15H21N3S2/c1-11-15(20-10-17-11)9-18(2)14(8-16)12-4-6-13(19-3)7-5-12/h4-7,10,14H,8-9,16H2,1-3H3. The van der Waals surface area contributed by atoms with Crippen molar-refractivity contribution >= 4 is 23.1 Å². The van der Waals surface area contributed by atoms with E-state index in [-0.39, 0.29) is 6.04 Å². The van der Waals surface area contributed by atoms with Crippen molar-refractivity contribution in [2.45, 2.75) is 24.4 Å². The Balaban J connectivity index is 2.12. The van der Waals surface area contributed by atoms with E-state index in [2.05, 4.69) is 54.4 Å². The molecule has 0 aliphatic heterocycles. The van der Waals surface area contributed by atoms with Gasteiger partial charge in [0.05, 0.1) is 11.2 Å². The van der Waals surface area contributed by atoms with Crippen LogP contribution in [0.3, 0.4) is 0 Å². The number of thiazole rings is 1. The van der Waals surface area contributed by atoms with Crippen molar-refractivity contribution < 1.29 is 0 Å². The van der Waals surface area contributed by atoms with Crippen LogP contribution >= 0.6 is 23.1 Å². The molecule has 3 nitrogen and oxygen atoms in total. The highest BCUT2D eigenvalue weighted by molar-refractivity contribution is 7.98. The Hall–Kier alpha value is -0.880.